The molecule has 3 nitrogen and oxygen atoms in total. The molecule has 0 aliphatic rings. The molecule has 0 saturated heterocycles. The van der Waals surface area contributed by atoms with Gasteiger partial charge in [0.25, 0.3) is 0 Å². The summed E-state index contributed by atoms with van der Waals surface area (Å²) in [4.78, 5) is 17.2. The first-order valence-electron chi connectivity index (χ1n) is 16.7. The number of rotatable bonds is 11. The number of aromatic nitrogens is 1. The van der Waals surface area contributed by atoms with Gasteiger partial charge in [-0.2, -0.15) is 0 Å². The minimum absolute atomic E-state index is 0. The van der Waals surface area contributed by atoms with Crippen molar-refractivity contribution in [1.82, 2.24) is 4.98 Å². The molecule has 0 unspecified atom stereocenters. The van der Waals surface area contributed by atoms with Gasteiger partial charge in [0.2, 0.25) is 0 Å². The van der Waals surface area contributed by atoms with Crippen LogP contribution in [0.25, 0.3) is 33.3 Å². The van der Waals surface area contributed by atoms with Crippen molar-refractivity contribution in [1.29, 1.82) is 0 Å². The van der Waals surface area contributed by atoms with E-state index < -0.39 is 0 Å². The maximum atomic E-state index is 12.2. The predicted octanol–water partition coefficient (Wildman–Crippen LogP) is 11.8. The van der Waals surface area contributed by atoms with Crippen molar-refractivity contribution in [2.45, 2.75) is 101 Å². The minimum atomic E-state index is -0.337. The Kier molecular flexibility index (Phi) is 14.6. The van der Waals surface area contributed by atoms with E-state index in [2.05, 4.69) is 100 Å². The normalized spacial score (nSPS) is 12.0. The Bertz CT molecular complexity index is 1590. The molecule has 4 rings (SSSR count). The Balaban J connectivity index is 0.000000356. The summed E-state index contributed by atoms with van der Waals surface area (Å²) in [5, 5.41) is 11.4. The van der Waals surface area contributed by atoms with Crippen molar-refractivity contribution in [3.05, 3.63) is 101 Å². The Labute approximate surface area is 292 Å². The monoisotopic (exact) mass is 797 g/mol. The Morgan fingerprint density at radius 1 is 0.848 bits per heavy atom. The van der Waals surface area contributed by atoms with Crippen LogP contribution >= 0.6 is 0 Å². The summed E-state index contributed by atoms with van der Waals surface area (Å²) in [6.45, 7) is 20.9. The average Bonchev–Trinajstić information content (AvgIpc) is 3.03. The zero-order valence-corrected chi connectivity index (χ0v) is 32.1. The van der Waals surface area contributed by atoms with Crippen LogP contribution in [0.4, 0.5) is 0 Å². The molecule has 4 heteroatoms. The largest absolute Gasteiger partial charge is 0.512 e. The number of nitrogens with zero attached hydrogens (tertiary/aromatic N) is 1. The van der Waals surface area contributed by atoms with Crippen molar-refractivity contribution in [3.63, 3.8) is 0 Å². The number of aryl methyl sites for hydroxylation is 2. The first-order chi connectivity index (χ1) is 21.3. The number of carbonyl (C=O) groups is 1. The van der Waals surface area contributed by atoms with E-state index in [0.717, 1.165) is 54.4 Å². The van der Waals surface area contributed by atoms with Gasteiger partial charge in [0.15, 0.2) is 5.78 Å². The fourth-order valence-electron chi connectivity index (χ4n) is 5.57. The van der Waals surface area contributed by atoms with Gasteiger partial charge < -0.3 is 5.11 Å². The molecule has 1 N–H and O–H groups in total. The third-order valence-corrected chi connectivity index (χ3v) is 9.66. The molecule has 46 heavy (non-hydrogen) atoms. The van der Waals surface area contributed by atoms with E-state index in [-0.39, 0.29) is 42.5 Å². The van der Waals surface area contributed by atoms with E-state index in [0.29, 0.717) is 5.92 Å². The molecule has 249 valence electrons. The van der Waals surface area contributed by atoms with E-state index in [4.69, 9.17) is 4.98 Å². The zero-order valence-electron chi connectivity index (χ0n) is 29.7. The smallest absolute Gasteiger partial charge is 0.164 e. The number of benzene rings is 3. The number of aliphatic hydroxyl groups is 1. The second kappa shape index (κ2) is 17.2. The summed E-state index contributed by atoms with van der Waals surface area (Å²) in [5.74, 6) is 0.871. The van der Waals surface area contributed by atoms with Gasteiger partial charge in [-0.3, -0.25) is 9.78 Å². The van der Waals surface area contributed by atoms with Gasteiger partial charge in [0, 0.05) is 42.4 Å². The Morgan fingerprint density at radius 3 is 2.00 bits per heavy atom. The van der Waals surface area contributed by atoms with Gasteiger partial charge in [0.05, 0.1) is 5.52 Å². The van der Waals surface area contributed by atoms with Crippen molar-refractivity contribution in [3.8, 4) is 22.4 Å². The van der Waals surface area contributed by atoms with Crippen molar-refractivity contribution in [2.75, 3.05) is 0 Å². The summed E-state index contributed by atoms with van der Waals surface area (Å²) < 4.78 is 0. The fourth-order valence-corrected chi connectivity index (χ4v) is 5.57. The van der Waals surface area contributed by atoms with Gasteiger partial charge in [-0.15, -0.1) is 34.9 Å². The standard InChI is InChI=1S/C27H26N.C15H28O2.Ir/c1-18(2)12-23-17-27(24-14-19(3)13-20(4)15-24)28-26-11-10-22(16-25(23)26)21-8-6-5-7-9-21;1-7-14(5,8-2)12(16)11-13(17)15(6,9-3)10-4;/h5-11,13-14,16-18H,12H2,1-4H3;11,16H,7-10H2,1-6H3;/q-1;;/b;12-11-;. The summed E-state index contributed by atoms with van der Waals surface area (Å²) in [6.07, 6.45) is 5.79. The Hall–Kier alpha value is -3.07. The van der Waals surface area contributed by atoms with E-state index in [9.17, 15) is 9.90 Å². The summed E-state index contributed by atoms with van der Waals surface area (Å²) in [7, 11) is 0. The van der Waals surface area contributed by atoms with Gasteiger partial charge in [-0.05, 0) is 72.5 Å². The van der Waals surface area contributed by atoms with Crippen molar-refractivity contribution < 1.29 is 30.0 Å². The molecule has 0 aliphatic carbocycles. The number of pyridine rings is 1. The predicted molar refractivity (Wildman–Crippen MR) is 193 cm³/mol. The van der Waals surface area contributed by atoms with E-state index in [1.807, 2.05) is 41.5 Å². The number of fused-ring (bicyclic) bond motifs is 1. The van der Waals surface area contributed by atoms with Crippen LogP contribution in [-0.2, 0) is 31.3 Å². The maximum absolute atomic E-state index is 12.2. The first kappa shape index (κ1) is 39.1. The van der Waals surface area contributed by atoms with Crippen LogP contribution in [0.2, 0.25) is 0 Å². The summed E-state index contributed by atoms with van der Waals surface area (Å²) >= 11 is 0. The van der Waals surface area contributed by atoms with Crippen LogP contribution in [0.3, 0.4) is 0 Å². The molecule has 4 aromatic rings. The molecule has 0 amide bonds. The van der Waals surface area contributed by atoms with Crippen LogP contribution in [0.1, 0.15) is 97.8 Å². The summed E-state index contributed by atoms with van der Waals surface area (Å²) in [5.41, 5.74) is 8.80. The fraction of sp³-hybridized carbons (Fsp3) is 0.429. The number of hydrogen-bond acceptors (Lipinski definition) is 3. The number of ketones is 1. The van der Waals surface area contributed by atoms with Gasteiger partial charge in [-0.1, -0.05) is 112 Å². The van der Waals surface area contributed by atoms with Gasteiger partial charge in [-0.25, -0.2) is 0 Å². The number of hydrogen-bond donors (Lipinski definition) is 1. The average molecular weight is 797 g/mol. The molecule has 0 saturated carbocycles. The minimum Gasteiger partial charge on any atom is -0.512 e. The molecule has 1 heterocycles. The number of allylic oxidation sites excluding steroid dienone is 2. The molecule has 0 aliphatic heterocycles. The topological polar surface area (TPSA) is 50.2 Å². The molecule has 1 radical (unpaired) electrons. The Morgan fingerprint density at radius 2 is 1.46 bits per heavy atom. The second-order valence-electron chi connectivity index (χ2n) is 13.5. The molecule has 0 bridgehead atoms. The SMILES string of the molecule is CCC(C)(CC)C(=O)/C=C(\O)C(C)(CC)CC.Cc1[c-]c(-c2cc(CC(C)C)c3cc(-c4ccccc4)ccc3n2)cc(C)c1.[Ir]. The molecular formula is C42H54IrNO2-. The van der Waals surface area contributed by atoms with Crippen LogP contribution < -0.4 is 0 Å². The second-order valence-corrected chi connectivity index (χ2v) is 13.5. The van der Waals surface area contributed by atoms with Crippen LogP contribution in [-0.4, -0.2) is 15.9 Å². The third-order valence-electron chi connectivity index (χ3n) is 9.66. The van der Waals surface area contributed by atoms with E-state index >= 15 is 0 Å². The first-order valence-corrected chi connectivity index (χ1v) is 16.7. The maximum Gasteiger partial charge on any atom is 0.164 e. The number of aliphatic hydroxyl groups excluding tert-OH is 1. The zero-order chi connectivity index (χ0) is 33.4. The summed E-state index contributed by atoms with van der Waals surface area (Å²) in [6, 6.07) is 27.3. The van der Waals surface area contributed by atoms with E-state index in [1.54, 1.807) is 0 Å². The van der Waals surface area contributed by atoms with Crippen LogP contribution in [0, 0.1) is 36.7 Å². The molecule has 3 aromatic carbocycles. The quantitative estimate of drug-likeness (QED) is 0.0934. The van der Waals surface area contributed by atoms with Gasteiger partial charge >= 0.3 is 0 Å². The van der Waals surface area contributed by atoms with Gasteiger partial charge in [0.1, 0.15) is 5.76 Å². The van der Waals surface area contributed by atoms with Crippen molar-refractivity contribution >= 4 is 16.7 Å². The van der Waals surface area contributed by atoms with Crippen molar-refractivity contribution in [2.24, 2.45) is 16.7 Å². The molecule has 0 fully saturated rings. The molecular weight excluding hydrogens is 743 g/mol. The molecule has 1 aromatic heterocycles. The third kappa shape index (κ3) is 9.72. The number of carbonyl (C=O) groups excluding carboxylic acids is 1. The molecule has 0 atom stereocenters. The molecule has 0 spiro atoms. The van der Waals surface area contributed by atoms with E-state index in [1.165, 1.54) is 33.7 Å². The van der Waals surface area contributed by atoms with Crippen LogP contribution in [0.15, 0.2) is 78.6 Å². The van der Waals surface area contributed by atoms with Crippen LogP contribution in [0.5, 0.6) is 0 Å².